The van der Waals surface area contributed by atoms with E-state index in [-0.39, 0.29) is 17.3 Å². The van der Waals surface area contributed by atoms with Crippen molar-refractivity contribution in [1.82, 2.24) is 5.32 Å². The molecule has 1 atom stereocenters. The van der Waals surface area contributed by atoms with Gasteiger partial charge in [0.2, 0.25) is 0 Å². The number of non-ortho nitro benzene ring substituents is 1. The zero-order valence-electron chi connectivity index (χ0n) is 15.6. The number of benzene rings is 2. The highest BCUT2D eigenvalue weighted by molar-refractivity contribution is 6.31. The third kappa shape index (κ3) is 5.20. The Bertz CT molecular complexity index is 901. The summed E-state index contributed by atoms with van der Waals surface area (Å²) < 4.78 is 5.05. The van der Waals surface area contributed by atoms with Crippen LogP contribution in [0.3, 0.4) is 0 Å². The molecular weight excluding hydrogens is 386 g/mol. The van der Waals surface area contributed by atoms with Gasteiger partial charge in [-0.3, -0.25) is 14.9 Å². The molecule has 28 heavy (non-hydrogen) atoms. The van der Waals surface area contributed by atoms with E-state index >= 15 is 0 Å². The van der Waals surface area contributed by atoms with Gasteiger partial charge < -0.3 is 15.0 Å². The Hall–Kier alpha value is -3.13. The van der Waals surface area contributed by atoms with Crippen molar-refractivity contribution in [2.24, 2.45) is 0 Å². The molecule has 2 aromatic carbocycles. The van der Waals surface area contributed by atoms with Crippen molar-refractivity contribution in [3.05, 3.63) is 68.7 Å². The zero-order chi connectivity index (χ0) is 20.8. The first-order valence-electron chi connectivity index (χ1n) is 8.37. The van der Waals surface area contributed by atoms with Crippen LogP contribution in [0.25, 0.3) is 0 Å². The Balaban J connectivity index is 2.05. The van der Waals surface area contributed by atoms with Crippen LogP contribution in [0.4, 0.5) is 11.4 Å². The number of esters is 1. The lowest BCUT2D eigenvalue weighted by Gasteiger charge is -2.17. The maximum absolute atomic E-state index is 12.4. The lowest BCUT2D eigenvalue weighted by Crippen LogP contribution is -2.31. The van der Waals surface area contributed by atoms with Gasteiger partial charge in [0.1, 0.15) is 0 Å². The van der Waals surface area contributed by atoms with Crippen molar-refractivity contribution in [2.75, 3.05) is 25.6 Å². The predicted molar refractivity (Wildman–Crippen MR) is 106 cm³/mol. The number of hydrogen-bond acceptors (Lipinski definition) is 6. The Kier molecular flexibility index (Phi) is 6.94. The maximum atomic E-state index is 12.4. The van der Waals surface area contributed by atoms with E-state index in [0.29, 0.717) is 10.7 Å². The molecule has 0 bridgehead atoms. The quantitative estimate of drug-likeness (QED) is 0.430. The van der Waals surface area contributed by atoms with Crippen molar-refractivity contribution >= 4 is 34.9 Å². The largest absolute Gasteiger partial charge is 0.452 e. The SMILES string of the molecule is C[C@@H](NC(=O)COC(=O)c1cc([N+](=O)[O-])ccc1N(C)C)c1ccccc1Cl. The van der Waals surface area contributed by atoms with Crippen molar-refractivity contribution < 1.29 is 19.2 Å². The summed E-state index contributed by atoms with van der Waals surface area (Å²) >= 11 is 6.10. The minimum absolute atomic E-state index is 0.00570. The molecule has 0 saturated heterocycles. The fourth-order valence-electron chi connectivity index (χ4n) is 2.59. The number of carbonyl (C=O) groups is 2. The van der Waals surface area contributed by atoms with E-state index in [9.17, 15) is 19.7 Å². The lowest BCUT2D eigenvalue weighted by molar-refractivity contribution is -0.384. The number of halogens is 1. The van der Waals surface area contributed by atoms with Crippen LogP contribution < -0.4 is 10.2 Å². The third-order valence-corrected chi connectivity index (χ3v) is 4.32. The molecule has 0 aliphatic carbocycles. The van der Waals surface area contributed by atoms with Gasteiger partial charge >= 0.3 is 5.97 Å². The van der Waals surface area contributed by atoms with E-state index < -0.39 is 23.4 Å². The minimum Gasteiger partial charge on any atom is -0.452 e. The number of carbonyl (C=O) groups excluding carboxylic acids is 2. The number of rotatable bonds is 7. The van der Waals surface area contributed by atoms with E-state index in [2.05, 4.69) is 5.32 Å². The number of hydrogen-bond donors (Lipinski definition) is 1. The van der Waals surface area contributed by atoms with Crippen molar-refractivity contribution in [3.8, 4) is 0 Å². The van der Waals surface area contributed by atoms with E-state index in [0.717, 1.165) is 11.6 Å². The number of nitro groups is 1. The van der Waals surface area contributed by atoms with Gasteiger partial charge in [-0.1, -0.05) is 29.8 Å². The predicted octanol–water partition coefficient (Wildman–Crippen LogP) is 3.35. The van der Waals surface area contributed by atoms with Gasteiger partial charge in [-0.15, -0.1) is 0 Å². The molecule has 2 rings (SSSR count). The molecule has 0 radical (unpaired) electrons. The van der Waals surface area contributed by atoms with E-state index in [1.165, 1.54) is 12.1 Å². The molecule has 0 heterocycles. The van der Waals surface area contributed by atoms with Gasteiger partial charge in [-0.05, 0) is 24.6 Å². The molecule has 1 amide bonds. The minimum atomic E-state index is -0.826. The first-order chi connectivity index (χ1) is 13.2. The summed E-state index contributed by atoms with van der Waals surface area (Å²) in [5.41, 5.74) is 0.943. The topological polar surface area (TPSA) is 102 Å². The average Bonchev–Trinajstić information content (AvgIpc) is 2.65. The van der Waals surface area contributed by atoms with Gasteiger partial charge in [-0.25, -0.2) is 4.79 Å². The molecule has 9 heteroatoms. The van der Waals surface area contributed by atoms with E-state index in [4.69, 9.17) is 16.3 Å². The van der Waals surface area contributed by atoms with Crippen LogP contribution in [0, 0.1) is 10.1 Å². The second-order valence-electron chi connectivity index (χ2n) is 6.24. The maximum Gasteiger partial charge on any atom is 0.341 e. The van der Waals surface area contributed by atoms with Gasteiger partial charge in [0, 0.05) is 31.3 Å². The van der Waals surface area contributed by atoms with Gasteiger partial charge in [0.25, 0.3) is 11.6 Å². The summed E-state index contributed by atoms with van der Waals surface area (Å²) in [6.07, 6.45) is 0. The molecule has 148 valence electrons. The van der Waals surface area contributed by atoms with E-state index in [1.807, 2.05) is 0 Å². The number of amides is 1. The van der Waals surface area contributed by atoms with Crippen molar-refractivity contribution in [3.63, 3.8) is 0 Å². The molecule has 0 aliphatic heterocycles. The monoisotopic (exact) mass is 405 g/mol. The van der Waals surface area contributed by atoms with Crippen LogP contribution in [0.1, 0.15) is 28.9 Å². The number of ether oxygens (including phenoxy) is 1. The Morgan fingerprint density at radius 3 is 2.54 bits per heavy atom. The smallest absolute Gasteiger partial charge is 0.341 e. The number of nitrogens with one attached hydrogen (secondary N) is 1. The lowest BCUT2D eigenvalue weighted by atomic mass is 10.1. The van der Waals surface area contributed by atoms with Gasteiger partial charge in [0.05, 0.1) is 22.2 Å². The molecule has 0 unspecified atom stereocenters. The van der Waals surface area contributed by atoms with Crippen molar-refractivity contribution in [1.29, 1.82) is 0 Å². The van der Waals surface area contributed by atoms with Crippen LogP contribution in [0.15, 0.2) is 42.5 Å². The molecule has 0 aliphatic rings. The molecule has 0 fully saturated rings. The summed E-state index contributed by atoms with van der Waals surface area (Å²) in [4.78, 5) is 36.5. The third-order valence-electron chi connectivity index (χ3n) is 3.98. The summed E-state index contributed by atoms with van der Waals surface area (Å²) in [6, 6.07) is 10.6. The van der Waals surface area contributed by atoms with Crippen LogP contribution >= 0.6 is 11.6 Å². The standard InChI is InChI=1S/C19H20ClN3O5/c1-12(14-6-4-5-7-16(14)20)21-18(24)11-28-19(25)15-10-13(23(26)27)8-9-17(15)22(2)3/h4-10,12H,11H2,1-3H3,(H,21,24)/t12-/m1/s1. The van der Waals surface area contributed by atoms with Gasteiger partial charge in [0.15, 0.2) is 6.61 Å². The molecule has 2 aromatic rings. The molecule has 0 saturated carbocycles. The summed E-state index contributed by atoms with van der Waals surface area (Å²) in [5, 5.41) is 14.2. The van der Waals surface area contributed by atoms with Crippen LogP contribution in [-0.2, 0) is 9.53 Å². The Morgan fingerprint density at radius 2 is 1.93 bits per heavy atom. The fraction of sp³-hybridized carbons (Fsp3) is 0.263. The fourth-order valence-corrected chi connectivity index (χ4v) is 2.89. The number of nitrogens with zero attached hydrogens (tertiary/aromatic N) is 2. The van der Waals surface area contributed by atoms with E-state index in [1.54, 1.807) is 50.2 Å². The Labute approximate surface area is 167 Å². The van der Waals surface area contributed by atoms with Crippen molar-refractivity contribution in [2.45, 2.75) is 13.0 Å². The average molecular weight is 406 g/mol. The number of nitro benzene ring substituents is 1. The molecule has 0 spiro atoms. The zero-order valence-corrected chi connectivity index (χ0v) is 16.4. The normalized spacial score (nSPS) is 11.4. The molecule has 1 N–H and O–H groups in total. The van der Waals surface area contributed by atoms with Crippen LogP contribution in [0.2, 0.25) is 5.02 Å². The molecule has 0 aromatic heterocycles. The molecular formula is C19H20ClN3O5. The van der Waals surface area contributed by atoms with Crippen LogP contribution in [-0.4, -0.2) is 37.5 Å². The highest BCUT2D eigenvalue weighted by Crippen LogP contribution is 2.25. The summed E-state index contributed by atoms with van der Waals surface area (Å²) in [6.45, 7) is 1.23. The molecule has 8 nitrogen and oxygen atoms in total. The Morgan fingerprint density at radius 1 is 1.25 bits per heavy atom. The number of anilines is 1. The second-order valence-corrected chi connectivity index (χ2v) is 6.65. The first kappa shape index (κ1) is 21.2. The second kappa shape index (κ2) is 9.18. The summed E-state index contributed by atoms with van der Waals surface area (Å²) in [7, 11) is 3.38. The van der Waals surface area contributed by atoms with Crippen LogP contribution in [0.5, 0.6) is 0 Å². The highest BCUT2D eigenvalue weighted by Gasteiger charge is 2.20. The first-order valence-corrected chi connectivity index (χ1v) is 8.75. The summed E-state index contributed by atoms with van der Waals surface area (Å²) in [5.74, 6) is -1.34. The highest BCUT2D eigenvalue weighted by atomic mass is 35.5. The van der Waals surface area contributed by atoms with Gasteiger partial charge in [-0.2, -0.15) is 0 Å².